The molecule has 2 aromatic carbocycles. The summed E-state index contributed by atoms with van der Waals surface area (Å²) in [5, 5.41) is 9.73. The molecule has 4 aromatic rings. The Bertz CT molecular complexity index is 1570. The average molecular weight is 550 g/mol. The first-order valence-electron chi connectivity index (χ1n) is 14.0. The van der Waals surface area contributed by atoms with Crippen LogP contribution in [-0.2, 0) is 20.8 Å². The zero-order valence-electron chi connectivity index (χ0n) is 22.5. The zero-order chi connectivity index (χ0) is 28.2. The van der Waals surface area contributed by atoms with Crippen LogP contribution in [0.5, 0.6) is 0 Å². The lowest BCUT2D eigenvalue weighted by molar-refractivity contribution is -0.136. The van der Waals surface area contributed by atoms with Gasteiger partial charge in [0.2, 0.25) is 23.7 Å². The van der Waals surface area contributed by atoms with Crippen LogP contribution in [0.15, 0.2) is 73.1 Å². The first-order valence-corrected chi connectivity index (χ1v) is 14.0. The second-order valence-electron chi connectivity index (χ2n) is 10.4. The van der Waals surface area contributed by atoms with Crippen LogP contribution in [0.2, 0.25) is 0 Å². The maximum atomic E-state index is 13.1. The third-order valence-electron chi connectivity index (χ3n) is 7.61. The molecule has 3 amide bonds. The van der Waals surface area contributed by atoms with E-state index < -0.39 is 6.04 Å². The zero-order valence-corrected chi connectivity index (χ0v) is 22.5. The Morgan fingerprint density at radius 1 is 0.878 bits per heavy atom. The van der Waals surface area contributed by atoms with E-state index in [-0.39, 0.29) is 36.1 Å². The molecule has 2 aliphatic heterocycles. The van der Waals surface area contributed by atoms with Crippen molar-refractivity contribution in [2.24, 2.45) is 0 Å². The number of hydrogen-bond acceptors (Lipinski definition) is 7. The molecule has 2 aliphatic rings. The predicted octanol–water partition coefficient (Wildman–Crippen LogP) is 3.55. The Balaban J connectivity index is 1.10. The fourth-order valence-corrected chi connectivity index (χ4v) is 5.44. The second-order valence-corrected chi connectivity index (χ2v) is 10.4. The molecule has 0 saturated carbocycles. The van der Waals surface area contributed by atoms with Crippen LogP contribution in [0, 0.1) is 0 Å². The monoisotopic (exact) mass is 549 g/mol. The third kappa shape index (κ3) is 6.07. The molecule has 2 unspecified atom stereocenters. The Morgan fingerprint density at radius 2 is 1.71 bits per heavy atom. The molecule has 2 fully saturated rings. The lowest BCUT2D eigenvalue weighted by Crippen LogP contribution is -2.43. The van der Waals surface area contributed by atoms with Crippen molar-refractivity contribution in [3.63, 3.8) is 0 Å². The highest BCUT2D eigenvalue weighted by Crippen LogP contribution is 2.25. The van der Waals surface area contributed by atoms with E-state index in [9.17, 15) is 14.4 Å². The SMILES string of the molecule is O=C(Nc1ncc(-c2ccc3nc(NC(=O)C4CCCN4C(=O)Cc4ccccc4)ccc3c2)cn1)C1CCCN1. The van der Waals surface area contributed by atoms with Crippen LogP contribution in [0.3, 0.4) is 0 Å². The summed E-state index contributed by atoms with van der Waals surface area (Å²) in [6, 6.07) is 18.3. The largest absolute Gasteiger partial charge is 0.330 e. The van der Waals surface area contributed by atoms with Gasteiger partial charge < -0.3 is 15.5 Å². The van der Waals surface area contributed by atoms with E-state index >= 15 is 0 Å². The number of aromatic nitrogens is 3. The summed E-state index contributed by atoms with van der Waals surface area (Å²) in [5.41, 5.74) is 3.38. The molecule has 6 rings (SSSR count). The lowest BCUT2D eigenvalue weighted by atomic mass is 10.1. The van der Waals surface area contributed by atoms with Gasteiger partial charge in [0.15, 0.2) is 0 Å². The topological polar surface area (TPSA) is 129 Å². The molecule has 0 spiro atoms. The number of carbonyl (C=O) groups is 3. The fourth-order valence-electron chi connectivity index (χ4n) is 5.44. The van der Waals surface area contributed by atoms with E-state index in [2.05, 4.69) is 30.9 Å². The van der Waals surface area contributed by atoms with Crippen molar-refractivity contribution in [2.45, 2.75) is 44.2 Å². The number of nitrogens with one attached hydrogen (secondary N) is 3. The highest BCUT2D eigenvalue weighted by molar-refractivity contribution is 5.98. The van der Waals surface area contributed by atoms with Gasteiger partial charge in [-0.2, -0.15) is 0 Å². The van der Waals surface area contributed by atoms with E-state index in [1.54, 1.807) is 23.4 Å². The summed E-state index contributed by atoms with van der Waals surface area (Å²) < 4.78 is 0. The van der Waals surface area contributed by atoms with Gasteiger partial charge in [-0.3, -0.25) is 19.7 Å². The summed E-state index contributed by atoms with van der Waals surface area (Å²) in [7, 11) is 0. The van der Waals surface area contributed by atoms with Crippen LogP contribution in [0.25, 0.3) is 22.0 Å². The molecule has 0 aliphatic carbocycles. The number of pyridine rings is 1. The van der Waals surface area contributed by atoms with E-state index in [0.29, 0.717) is 18.8 Å². The van der Waals surface area contributed by atoms with E-state index in [0.717, 1.165) is 53.4 Å². The van der Waals surface area contributed by atoms with Crippen molar-refractivity contribution < 1.29 is 14.4 Å². The van der Waals surface area contributed by atoms with Crippen LogP contribution >= 0.6 is 0 Å². The maximum Gasteiger partial charge on any atom is 0.248 e. The number of benzene rings is 2. The normalized spacial score (nSPS) is 18.4. The number of fused-ring (bicyclic) bond motifs is 1. The molecule has 4 heterocycles. The Kier molecular flexibility index (Phi) is 7.64. The number of amides is 3. The van der Waals surface area contributed by atoms with Gasteiger partial charge in [-0.15, -0.1) is 0 Å². The van der Waals surface area contributed by atoms with E-state index in [1.807, 2.05) is 54.6 Å². The molecule has 0 bridgehead atoms. The van der Waals surface area contributed by atoms with Gasteiger partial charge in [0.25, 0.3) is 0 Å². The summed E-state index contributed by atoms with van der Waals surface area (Å²) >= 11 is 0. The molecular formula is C31H31N7O3. The van der Waals surface area contributed by atoms with Gasteiger partial charge in [0.1, 0.15) is 11.9 Å². The molecule has 10 heteroatoms. The maximum absolute atomic E-state index is 13.1. The predicted molar refractivity (Wildman–Crippen MR) is 156 cm³/mol. The number of carbonyl (C=O) groups excluding carboxylic acids is 3. The quantitative estimate of drug-likeness (QED) is 0.322. The van der Waals surface area contributed by atoms with Crippen LogP contribution in [-0.4, -0.2) is 62.7 Å². The molecule has 2 atom stereocenters. The van der Waals surface area contributed by atoms with Gasteiger partial charge in [0.05, 0.1) is 18.0 Å². The summed E-state index contributed by atoms with van der Waals surface area (Å²) in [4.78, 5) is 53.3. The third-order valence-corrected chi connectivity index (χ3v) is 7.61. The Labute approximate surface area is 237 Å². The standard InChI is InChI=1S/C31H31N7O3/c39-28(16-20-6-2-1-3-7-20)38-15-5-9-26(38)30(41)36-27-13-11-22-17-21(10-12-24(22)35-27)23-18-33-31(34-19-23)37-29(40)25-8-4-14-32-25/h1-3,6-7,10-13,17-19,25-26,32H,4-5,8-9,14-16H2,(H,35,36,41)(H,33,34,37,40). The van der Waals surface area contributed by atoms with Gasteiger partial charge in [0, 0.05) is 29.9 Å². The minimum atomic E-state index is -0.506. The molecule has 3 N–H and O–H groups in total. The smallest absolute Gasteiger partial charge is 0.248 e. The van der Waals surface area contributed by atoms with Gasteiger partial charge in [-0.05, 0) is 67.6 Å². The van der Waals surface area contributed by atoms with Crippen molar-refractivity contribution in [2.75, 3.05) is 23.7 Å². The number of anilines is 2. The highest BCUT2D eigenvalue weighted by atomic mass is 16.2. The average Bonchev–Trinajstić information content (AvgIpc) is 3.71. The number of likely N-dealkylation sites (tertiary alicyclic amines) is 1. The Hall–Kier alpha value is -4.70. The highest BCUT2D eigenvalue weighted by Gasteiger charge is 2.34. The van der Waals surface area contributed by atoms with Crippen molar-refractivity contribution in [1.29, 1.82) is 0 Å². The van der Waals surface area contributed by atoms with Gasteiger partial charge in [-0.1, -0.05) is 36.4 Å². The molecule has 0 radical (unpaired) electrons. The van der Waals surface area contributed by atoms with Crippen LogP contribution in [0.1, 0.15) is 31.2 Å². The van der Waals surface area contributed by atoms with Crippen molar-refractivity contribution in [3.8, 4) is 11.1 Å². The van der Waals surface area contributed by atoms with E-state index in [1.165, 1.54) is 0 Å². The lowest BCUT2D eigenvalue weighted by Gasteiger charge is -2.24. The minimum Gasteiger partial charge on any atom is -0.330 e. The summed E-state index contributed by atoms with van der Waals surface area (Å²) in [6.45, 7) is 1.42. The molecule has 41 heavy (non-hydrogen) atoms. The van der Waals surface area contributed by atoms with E-state index in [4.69, 9.17) is 0 Å². The van der Waals surface area contributed by atoms with Gasteiger partial charge in [-0.25, -0.2) is 15.0 Å². The van der Waals surface area contributed by atoms with Gasteiger partial charge >= 0.3 is 0 Å². The summed E-state index contributed by atoms with van der Waals surface area (Å²) in [5.74, 6) is 0.337. The van der Waals surface area contributed by atoms with Crippen molar-refractivity contribution in [3.05, 3.63) is 78.6 Å². The van der Waals surface area contributed by atoms with Crippen molar-refractivity contribution in [1.82, 2.24) is 25.2 Å². The minimum absolute atomic E-state index is 0.0435. The number of rotatable bonds is 7. The van der Waals surface area contributed by atoms with Crippen LogP contribution < -0.4 is 16.0 Å². The summed E-state index contributed by atoms with van der Waals surface area (Å²) in [6.07, 6.45) is 6.86. The molecule has 208 valence electrons. The molecule has 2 saturated heterocycles. The Morgan fingerprint density at radius 3 is 2.49 bits per heavy atom. The van der Waals surface area contributed by atoms with Crippen molar-refractivity contribution >= 4 is 40.4 Å². The number of hydrogen-bond donors (Lipinski definition) is 3. The molecule has 2 aromatic heterocycles. The number of nitrogens with zero attached hydrogens (tertiary/aromatic N) is 4. The first kappa shape index (κ1) is 26.5. The molecule has 10 nitrogen and oxygen atoms in total. The second kappa shape index (κ2) is 11.8. The van der Waals surface area contributed by atoms with Crippen LogP contribution in [0.4, 0.5) is 11.8 Å². The first-order chi connectivity index (χ1) is 20.0. The fraction of sp³-hybridized carbons (Fsp3) is 0.290. The molecular weight excluding hydrogens is 518 g/mol.